The molecule has 0 heterocycles. The highest BCUT2D eigenvalue weighted by atomic mass is 79.9. The van der Waals surface area contributed by atoms with Crippen LogP contribution in [0, 0.1) is 0 Å². The van der Waals surface area contributed by atoms with Gasteiger partial charge >= 0.3 is 6.41 Å². The molecule has 8 heavy (non-hydrogen) atoms. The Morgan fingerprint density at radius 2 is 2.38 bits per heavy atom. The summed E-state index contributed by atoms with van der Waals surface area (Å²) in [5.41, 5.74) is 0. The summed E-state index contributed by atoms with van der Waals surface area (Å²) in [5.74, 6) is 0. The minimum atomic E-state index is 0.495. The van der Waals surface area contributed by atoms with E-state index >= 15 is 0 Å². The first-order valence-electron chi connectivity index (χ1n) is 1.88. The summed E-state index contributed by atoms with van der Waals surface area (Å²) in [6.07, 6.45) is 3.29. The Balaban J connectivity index is 3.15. The first-order chi connectivity index (χ1) is 3.77. The van der Waals surface area contributed by atoms with E-state index in [0.29, 0.717) is 6.54 Å². The highest BCUT2D eigenvalue weighted by Gasteiger charge is 1.78. The summed E-state index contributed by atoms with van der Waals surface area (Å²) < 4.78 is 0.827. The van der Waals surface area contributed by atoms with Gasteiger partial charge in [-0.2, -0.15) is 0 Å². The Morgan fingerprint density at radius 3 is 2.75 bits per heavy atom. The predicted octanol–water partition coefficient (Wildman–Crippen LogP) is 1.27. The maximum Gasteiger partial charge on any atom is 0.309 e. The molecule has 0 fully saturated rings. The molecule has 0 aliphatic heterocycles. The van der Waals surface area contributed by atoms with Gasteiger partial charge in [0.1, 0.15) is 0 Å². The van der Waals surface area contributed by atoms with E-state index in [2.05, 4.69) is 37.2 Å². The summed E-state index contributed by atoms with van der Waals surface area (Å²) in [7, 11) is 0. The van der Waals surface area contributed by atoms with Crippen LogP contribution in [-0.2, 0) is 4.79 Å². The predicted molar refractivity (Wildman–Crippen MR) is 39.6 cm³/mol. The highest BCUT2D eigenvalue weighted by molar-refractivity contribution is 9.28. The molecule has 0 unspecified atom stereocenters. The molecule has 1 radical (unpaired) electrons. The zero-order valence-corrected chi connectivity index (χ0v) is 7.12. The molecule has 0 aromatic rings. The number of nitrogens with one attached hydrogen (secondary N) is 1. The minimum absolute atomic E-state index is 0.495. The molecule has 2 nitrogen and oxygen atoms in total. The van der Waals surface area contributed by atoms with Crippen molar-refractivity contribution in [3.63, 3.8) is 0 Å². The van der Waals surface area contributed by atoms with Gasteiger partial charge in [0.05, 0.1) is 3.39 Å². The third-order valence-corrected chi connectivity index (χ3v) is 1.08. The van der Waals surface area contributed by atoms with Crippen LogP contribution in [0.3, 0.4) is 0 Å². The van der Waals surface area contributed by atoms with Gasteiger partial charge in [-0.05, 0) is 37.9 Å². The van der Waals surface area contributed by atoms with Gasteiger partial charge in [0, 0.05) is 6.54 Å². The Bertz CT molecular complexity index is 98.2. The van der Waals surface area contributed by atoms with Gasteiger partial charge in [0.25, 0.3) is 0 Å². The summed E-state index contributed by atoms with van der Waals surface area (Å²) in [4.78, 5) is 9.49. The van der Waals surface area contributed by atoms with Crippen molar-refractivity contribution < 1.29 is 4.79 Å². The van der Waals surface area contributed by atoms with Crippen molar-refractivity contribution in [3.8, 4) is 0 Å². The van der Waals surface area contributed by atoms with E-state index in [-0.39, 0.29) is 0 Å². The van der Waals surface area contributed by atoms with Crippen LogP contribution in [0.1, 0.15) is 0 Å². The Hall–Kier alpha value is 0.170. The molecular formula is C4H4Br2NO. The molecule has 0 atom stereocenters. The second-order valence-corrected chi connectivity index (χ2v) is 3.75. The topological polar surface area (TPSA) is 29.1 Å². The summed E-state index contributed by atoms with van der Waals surface area (Å²) >= 11 is 6.23. The third-order valence-electron chi connectivity index (χ3n) is 0.431. The largest absolute Gasteiger partial charge is 0.344 e. The number of hydrogen-bond donors (Lipinski definition) is 1. The van der Waals surface area contributed by atoms with E-state index in [9.17, 15) is 4.79 Å². The third kappa shape index (κ3) is 6.17. The van der Waals surface area contributed by atoms with Crippen molar-refractivity contribution in [2.45, 2.75) is 0 Å². The summed E-state index contributed by atoms with van der Waals surface area (Å²) in [6.45, 7) is 0.495. The quantitative estimate of drug-likeness (QED) is 0.586. The van der Waals surface area contributed by atoms with Crippen LogP contribution < -0.4 is 5.32 Å². The molecule has 0 aromatic carbocycles. The summed E-state index contributed by atoms with van der Waals surface area (Å²) in [5, 5.41) is 2.34. The van der Waals surface area contributed by atoms with Crippen molar-refractivity contribution in [1.82, 2.24) is 5.32 Å². The number of carbonyl (C=O) groups excluding carboxylic acids is 1. The van der Waals surface area contributed by atoms with Crippen molar-refractivity contribution >= 4 is 38.3 Å². The van der Waals surface area contributed by atoms with E-state index < -0.39 is 0 Å². The second-order valence-electron chi connectivity index (χ2n) is 0.977. The number of hydrogen-bond acceptors (Lipinski definition) is 1. The average molecular weight is 242 g/mol. The van der Waals surface area contributed by atoms with Crippen molar-refractivity contribution in [1.29, 1.82) is 0 Å². The molecule has 0 rings (SSSR count). The lowest BCUT2D eigenvalue weighted by atomic mass is 10.6. The molecule has 0 aliphatic carbocycles. The van der Waals surface area contributed by atoms with Gasteiger partial charge in [-0.1, -0.05) is 0 Å². The SMILES string of the molecule is O=[C]NCC=C(Br)Br. The normalized spacial score (nSPS) is 7.75. The Labute approximate surface area is 64.6 Å². The molecule has 1 amide bonds. The molecule has 45 valence electrons. The lowest BCUT2D eigenvalue weighted by Gasteiger charge is -1.85. The van der Waals surface area contributed by atoms with E-state index in [1.165, 1.54) is 6.41 Å². The van der Waals surface area contributed by atoms with E-state index in [4.69, 9.17) is 0 Å². The van der Waals surface area contributed by atoms with Crippen LogP contribution in [0.15, 0.2) is 9.47 Å². The molecular weight excluding hydrogens is 238 g/mol. The molecule has 0 aliphatic rings. The summed E-state index contributed by atoms with van der Waals surface area (Å²) in [6, 6.07) is 0. The molecule has 0 aromatic heterocycles. The van der Waals surface area contributed by atoms with Crippen LogP contribution in [0.25, 0.3) is 0 Å². The van der Waals surface area contributed by atoms with Gasteiger partial charge in [-0.25, -0.2) is 0 Å². The standard InChI is InChI=1S/C4H4Br2NO/c5-4(6)1-2-7-3-8/h1H,2H2,(H,7,8). The number of amides is 1. The van der Waals surface area contributed by atoms with Crippen LogP contribution in [0.2, 0.25) is 0 Å². The molecule has 4 heteroatoms. The van der Waals surface area contributed by atoms with Gasteiger partial charge in [0.2, 0.25) is 0 Å². The second kappa shape index (κ2) is 5.31. The van der Waals surface area contributed by atoms with Crippen molar-refractivity contribution in [3.05, 3.63) is 9.47 Å². The minimum Gasteiger partial charge on any atom is -0.344 e. The van der Waals surface area contributed by atoms with Crippen molar-refractivity contribution in [2.24, 2.45) is 0 Å². The Morgan fingerprint density at radius 1 is 1.75 bits per heavy atom. The number of rotatable bonds is 3. The van der Waals surface area contributed by atoms with E-state index in [1.807, 2.05) is 0 Å². The van der Waals surface area contributed by atoms with Crippen LogP contribution in [0.4, 0.5) is 0 Å². The molecule has 1 N–H and O–H groups in total. The molecule has 0 saturated heterocycles. The van der Waals surface area contributed by atoms with Gasteiger partial charge < -0.3 is 5.32 Å². The molecule has 0 bridgehead atoms. The lowest BCUT2D eigenvalue weighted by Crippen LogP contribution is -2.09. The maximum absolute atomic E-state index is 9.49. The fourth-order valence-corrected chi connectivity index (χ4v) is 0.494. The zero-order chi connectivity index (χ0) is 6.41. The van der Waals surface area contributed by atoms with E-state index in [1.54, 1.807) is 6.08 Å². The first-order valence-corrected chi connectivity index (χ1v) is 3.47. The van der Waals surface area contributed by atoms with Gasteiger partial charge in [-0.15, -0.1) is 0 Å². The zero-order valence-electron chi connectivity index (χ0n) is 3.95. The van der Waals surface area contributed by atoms with Gasteiger partial charge in [0.15, 0.2) is 0 Å². The van der Waals surface area contributed by atoms with Crippen molar-refractivity contribution in [2.75, 3.05) is 6.54 Å². The smallest absolute Gasteiger partial charge is 0.309 e. The molecule has 0 spiro atoms. The monoisotopic (exact) mass is 240 g/mol. The maximum atomic E-state index is 9.49. The highest BCUT2D eigenvalue weighted by Crippen LogP contribution is 2.10. The van der Waals surface area contributed by atoms with Crippen LogP contribution in [0.5, 0.6) is 0 Å². The van der Waals surface area contributed by atoms with Crippen LogP contribution in [-0.4, -0.2) is 13.0 Å². The average Bonchev–Trinajstić information content (AvgIpc) is 1.66. The Kier molecular flexibility index (Phi) is 5.42. The fourth-order valence-electron chi connectivity index (χ4n) is 0.170. The molecule has 0 saturated carbocycles. The number of halogens is 2. The van der Waals surface area contributed by atoms with Crippen LogP contribution >= 0.6 is 31.9 Å². The first kappa shape index (κ1) is 8.17. The van der Waals surface area contributed by atoms with E-state index in [0.717, 1.165) is 3.39 Å². The van der Waals surface area contributed by atoms with Gasteiger partial charge in [-0.3, -0.25) is 4.79 Å². The fraction of sp³-hybridized carbons (Fsp3) is 0.250. The lowest BCUT2D eigenvalue weighted by molar-refractivity contribution is 0.546.